The fourth-order valence-electron chi connectivity index (χ4n) is 3.98. The summed E-state index contributed by atoms with van der Waals surface area (Å²) in [5.74, 6) is -1.72. The molecule has 2 amide bonds. The van der Waals surface area contributed by atoms with E-state index in [1.165, 1.54) is 30.7 Å². The van der Waals surface area contributed by atoms with Crippen LogP contribution in [0, 0.1) is 13.8 Å². The van der Waals surface area contributed by atoms with Crippen LogP contribution in [-0.2, 0) is 15.8 Å². The van der Waals surface area contributed by atoms with E-state index >= 15 is 0 Å². The number of carbonyl (C=O) groups is 3. The monoisotopic (exact) mass is 470 g/mol. The summed E-state index contributed by atoms with van der Waals surface area (Å²) in [5, 5.41) is 6.71. The molecule has 34 heavy (non-hydrogen) atoms. The molecule has 7 nitrogen and oxygen atoms in total. The number of nitrogens with zero attached hydrogens (tertiary/aromatic N) is 3. The first-order chi connectivity index (χ1) is 16.1. The largest absolute Gasteiger partial charge is 0.416 e. The minimum atomic E-state index is -4.53. The number of aromatic nitrogens is 2. The van der Waals surface area contributed by atoms with Gasteiger partial charge in [0.05, 0.1) is 28.2 Å². The zero-order valence-electron chi connectivity index (χ0n) is 18.4. The predicted octanol–water partition coefficient (Wildman–Crippen LogP) is 4.46. The summed E-state index contributed by atoms with van der Waals surface area (Å²) in [6.07, 6.45) is -3.24. The van der Waals surface area contributed by atoms with Crippen LogP contribution in [0.2, 0.25) is 0 Å². The Balaban J connectivity index is 1.54. The summed E-state index contributed by atoms with van der Waals surface area (Å²) >= 11 is 0. The Morgan fingerprint density at radius 3 is 2.35 bits per heavy atom. The molecule has 0 spiro atoms. The second-order valence-electron chi connectivity index (χ2n) is 7.98. The maximum Gasteiger partial charge on any atom is 0.416 e. The Kier molecular flexibility index (Phi) is 5.99. The van der Waals surface area contributed by atoms with E-state index in [0.29, 0.717) is 24.3 Å². The Hall–Kier alpha value is -3.95. The summed E-state index contributed by atoms with van der Waals surface area (Å²) in [7, 11) is 0. The summed E-state index contributed by atoms with van der Waals surface area (Å²) < 4.78 is 40.5. The third kappa shape index (κ3) is 4.43. The van der Waals surface area contributed by atoms with Crippen LogP contribution in [0.1, 0.15) is 40.2 Å². The molecule has 10 heteroatoms. The lowest BCUT2D eigenvalue weighted by Crippen LogP contribution is -2.25. The molecule has 0 bridgehead atoms. The van der Waals surface area contributed by atoms with Gasteiger partial charge in [-0.2, -0.15) is 18.3 Å². The molecule has 2 aromatic carbocycles. The van der Waals surface area contributed by atoms with Crippen LogP contribution in [0.4, 0.5) is 24.5 Å². The van der Waals surface area contributed by atoms with Gasteiger partial charge in [-0.15, -0.1) is 0 Å². The van der Waals surface area contributed by atoms with Crippen LogP contribution in [0.25, 0.3) is 5.69 Å². The molecule has 1 saturated heterocycles. The lowest BCUT2D eigenvalue weighted by molar-refractivity contribution is -0.137. The number of hydrogen-bond acceptors (Lipinski definition) is 4. The van der Waals surface area contributed by atoms with Crippen molar-refractivity contribution in [1.29, 1.82) is 0 Å². The zero-order valence-corrected chi connectivity index (χ0v) is 18.4. The number of benzene rings is 2. The first-order valence-electron chi connectivity index (χ1n) is 10.6. The van der Waals surface area contributed by atoms with Crippen LogP contribution in [0.5, 0.6) is 0 Å². The molecule has 0 aliphatic carbocycles. The normalized spacial score (nSPS) is 13.9. The number of carbonyl (C=O) groups excluding carboxylic acids is 3. The van der Waals surface area contributed by atoms with Crippen molar-refractivity contribution in [3.05, 3.63) is 71.0 Å². The van der Waals surface area contributed by atoms with Crippen molar-refractivity contribution < 1.29 is 27.6 Å². The number of rotatable bonds is 5. The van der Waals surface area contributed by atoms with Crippen molar-refractivity contribution >= 4 is 29.0 Å². The molecule has 1 aromatic heterocycles. The number of anilines is 2. The molecule has 0 radical (unpaired) electrons. The van der Waals surface area contributed by atoms with Gasteiger partial charge in [0, 0.05) is 24.3 Å². The predicted molar refractivity (Wildman–Crippen MR) is 119 cm³/mol. The maximum absolute atomic E-state index is 13.1. The van der Waals surface area contributed by atoms with E-state index < -0.39 is 23.4 Å². The van der Waals surface area contributed by atoms with Crippen molar-refractivity contribution in [2.24, 2.45) is 0 Å². The van der Waals surface area contributed by atoms with Crippen molar-refractivity contribution in [2.45, 2.75) is 32.9 Å². The highest BCUT2D eigenvalue weighted by Crippen LogP contribution is 2.31. The highest BCUT2D eigenvalue weighted by Gasteiger charge is 2.31. The smallest absolute Gasteiger partial charge is 0.319 e. The van der Waals surface area contributed by atoms with Crippen LogP contribution >= 0.6 is 0 Å². The summed E-state index contributed by atoms with van der Waals surface area (Å²) in [6, 6.07) is 11.1. The number of Topliss-reactive ketones (excluding diaryl/α,β-unsaturated/α-hetero) is 1. The second-order valence-corrected chi connectivity index (χ2v) is 7.98. The third-order valence-electron chi connectivity index (χ3n) is 5.65. The Labute approximate surface area is 193 Å². The van der Waals surface area contributed by atoms with Crippen molar-refractivity contribution in [3.63, 3.8) is 0 Å². The van der Waals surface area contributed by atoms with E-state index in [1.54, 1.807) is 29.2 Å². The molecule has 4 rings (SSSR count). The molecule has 2 heterocycles. The highest BCUT2D eigenvalue weighted by atomic mass is 19.4. The van der Waals surface area contributed by atoms with Gasteiger partial charge in [0.15, 0.2) is 0 Å². The van der Waals surface area contributed by atoms with E-state index in [-0.39, 0.29) is 28.5 Å². The average molecular weight is 470 g/mol. The quantitative estimate of drug-likeness (QED) is 0.441. The lowest BCUT2D eigenvalue weighted by Gasteiger charge is -2.16. The number of ketones is 1. The first-order valence-corrected chi connectivity index (χ1v) is 10.6. The first kappa shape index (κ1) is 23.2. The van der Waals surface area contributed by atoms with Gasteiger partial charge in [-0.05, 0) is 62.7 Å². The van der Waals surface area contributed by atoms with Gasteiger partial charge < -0.3 is 10.2 Å². The van der Waals surface area contributed by atoms with Gasteiger partial charge in [0.25, 0.3) is 11.7 Å². The molecule has 3 aromatic rings. The molecular formula is C24H21F3N4O3. The third-order valence-corrected chi connectivity index (χ3v) is 5.65. The number of aryl methyl sites for hydroxylation is 1. The Morgan fingerprint density at radius 2 is 1.74 bits per heavy atom. The molecular weight excluding hydrogens is 449 g/mol. The van der Waals surface area contributed by atoms with Gasteiger partial charge in [0.2, 0.25) is 5.91 Å². The summed E-state index contributed by atoms with van der Waals surface area (Å²) in [4.78, 5) is 39.0. The zero-order chi connectivity index (χ0) is 24.6. The van der Waals surface area contributed by atoms with Gasteiger partial charge in [0.1, 0.15) is 0 Å². The number of halogens is 3. The lowest BCUT2D eigenvalue weighted by atomic mass is 10.1. The molecule has 1 N–H and O–H groups in total. The Bertz CT molecular complexity index is 1280. The van der Waals surface area contributed by atoms with E-state index in [4.69, 9.17) is 0 Å². The number of alkyl halides is 3. The minimum absolute atomic E-state index is 0.0224. The molecule has 1 aliphatic heterocycles. The van der Waals surface area contributed by atoms with Crippen LogP contribution < -0.4 is 10.2 Å². The second kappa shape index (κ2) is 8.77. The maximum atomic E-state index is 13.1. The van der Waals surface area contributed by atoms with Crippen LogP contribution in [0.15, 0.2) is 48.5 Å². The van der Waals surface area contributed by atoms with E-state index in [0.717, 1.165) is 18.6 Å². The number of amides is 2. The van der Waals surface area contributed by atoms with Crippen molar-refractivity contribution in [1.82, 2.24) is 9.78 Å². The van der Waals surface area contributed by atoms with E-state index in [1.807, 2.05) is 0 Å². The fourth-order valence-corrected chi connectivity index (χ4v) is 3.98. The van der Waals surface area contributed by atoms with Gasteiger partial charge >= 0.3 is 6.18 Å². The molecule has 1 aliphatic rings. The van der Waals surface area contributed by atoms with E-state index in [2.05, 4.69) is 10.4 Å². The van der Waals surface area contributed by atoms with Crippen molar-refractivity contribution in [3.8, 4) is 5.69 Å². The van der Waals surface area contributed by atoms with Crippen LogP contribution in [-0.4, -0.2) is 33.9 Å². The van der Waals surface area contributed by atoms with Gasteiger partial charge in [-0.25, -0.2) is 4.68 Å². The van der Waals surface area contributed by atoms with Gasteiger partial charge in [-0.1, -0.05) is 6.07 Å². The number of hydrogen-bond donors (Lipinski definition) is 1. The summed E-state index contributed by atoms with van der Waals surface area (Å²) in [5.41, 5.74) is 0.853. The van der Waals surface area contributed by atoms with E-state index in [9.17, 15) is 27.6 Å². The Morgan fingerprint density at radius 1 is 1.03 bits per heavy atom. The molecule has 0 unspecified atom stereocenters. The summed E-state index contributed by atoms with van der Waals surface area (Å²) in [6.45, 7) is 3.67. The minimum Gasteiger partial charge on any atom is -0.319 e. The standard InChI is InChI=1S/C24H21F3N4O3/c1-14-21(15(2)31(29-14)19-6-3-5-16(13-19)24(25,26)27)22(33)23(34)28-17-8-10-18(11-9-17)30-12-4-7-20(30)32/h3,5-6,8-11,13H,4,7,12H2,1-2H3,(H,28,34). The number of nitrogens with one attached hydrogen (secondary N) is 1. The molecule has 0 atom stereocenters. The highest BCUT2D eigenvalue weighted by molar-refractivity contribution is 6.47. The van der Waals surface area contributed by atoms with Crippen molar-refractivity contribution in [2.75, 3.05) is 16.8 Å². The topological polar surface area (TPSA) is 84.3 Å². The average Bonchev–Trinajstić information content (AvgIpc) is 3.35. The fraction of sp³-hybridized carbons (Fsp3) is 0.250. The molecule has 1 fully saturated rings. The van der Waals surface area contributed by atoms with Gasteiger partial charge in [-0.3, -0.25) is 14.4 Å². The SMILES string of the molecule is Cc1nn(-c2cccc(C(F)(F)F)c2)c(C)c1C(=O)C(=O)Nc1ccc(N2CCCC2=O)cc1. The molecule has 176 valence electrons. The molecule has 0 saturated carbocycles. The van der Waals surface area contributed by atoms with Crippen LogP contribution in [0.3, 0.4) is 0 Å².